The smallest absolute Gasteiger partial charge is 0.254 e. The first-order valence-electron chi connectivity index (χ1n) is 12.7. The fourth-order valence-corrected chi connectivity index (χ4v) is 4.70. The van der Waals surface area contributed by atoms with Gasteiger partial charge in [0.2, 0.25) is 0 Å². The summed E-state index contributed by atoms with van der Waals surface area (Å²) < 4.78 is 6.21. The molecule has 1 fully saturated rings. The summed E-state index contributed by atoms with van der Waals surface area (Å²) in [6.45, 7) is 5.30. The van der Waals surface area contributed by atoms with Gasteiger partial charge < -0.3 is 14.5 Å². The molecule has 35 heavy (non-hydrogen) atoms. The van der Waals surface area contributed by atoms with Crippen molar-refractivity contribution < 1.29 is 9.53 Å². The minimum atomic E-state index is -0.00232. The lowest BCUT2D eigenvalue weighted by atomic mass is 10.1. The molecule has 0 saturated carbocycles. The van der Waals surface area contributed by atoms with Crippen LogP contribution in [0.5, 0.6) is 5.75 Å². The Bertz CT molecular complexity index is 1050. The van der Waals surface area contributed by atoms with Gasteiger partial charge in [0.15, 0.2) is 0 Å². The lowest BCUT2D eigenvalue weighted by molar-refractivity contribution is 0.0743. The Morgan fingerprint density at radius 2 is 1.60 bits per heavy atom. The molecule has 0 atom stereocenters. The molecule has 1 amide bonds. The second-order valence-electron chi connectivity index (χ2n) is 9.18. The Balaban J connectivity index is 1.42. The van der Waals surface area contributed by atoms with Gasteiger partial charge in [-0.2, -0.15) is 0 Å². The van der Waals surface area contributed by atoms with E-state index in [0.717, 1.165) is 30.7 Å². The summed E-state index contributed by atoms with van der Waals surface area (Å²) >= 11 is 6.05. The van der Waals surface area contributed by atoms with Crippen molar-refractivity contribution in [1.29, 1.82) is 0 Å². The van der Waals surface area contributed by atoms with Crippen LogP contribution in [0.15, 0.2) is 78.9 Å². The number of piperidine rings is 1. The number of hydrogen-bond acceptors (Lipinski definition) is 3. The number of carbonyl (C=O) groups is 1. The normalized spacial score (nSPS) is 14.0. The van der Waals surface area contributed by atoms with Gasteiger partial charge in [-0.3, -0.25) is 4.79 Å². The summed E-state index contributed by atoms with van der Waals surface area (Å²) in [5.41, 5.74) is 2.88. The first kappa shape index (κ1) is 25.3. The highest BCUT2D eigenvalue weighted by atomic mass is 35.5. The first-order chi connectivity index (χ1) is 17.2. The second kappa shape index (κ2) is 13.3. The molecule has 5 heteroatoms. The van der Waals surface area contributed by atoms with E-state index < -0.39 is 0 Å². The molecular weight excluding hydrogens is 456 g/mol. The Morgan fingerprint density at radius 1 is 0.886 bits per heavy atom. The fourth-order valence-electron chi connectivity index (χ4n) is 4.57. The average molecular weight is 491 g/mol. The van der Waals surface area contributed by atoms with Crippen molar-refractivity contribution in [2.45, 2.75) is 38.6 Å². The molecule has 0 bridgehead atoms. The topological polar surface area (TPSA) is 32.8 Å². The number of ether oxygens (including phenoxy) is 1. The molecule has 1 heterocycles. The predicted molar refractivity (Wildman–Crippen MR) is 143 cm³/mol. The number of amides is 1. The number of carbonyl (C=O) groups excluding carboxylic acids is 1. The molecule has 0 N–H and O–H groups in total. The first-order valence-corrected chi connectivity index (χ1v) is 13.1. The van der Waals surface area contributed by atoms with Gasteiger partial charge in [0.05, 0.1) is 6.61 Å². The molecule has 0 aromatic heterocycles. The van der Waals surface area contributed by atoms with Gasteiger partial charge in [-0.15, -0.1) is 0 Å². The van der Waals surface area contributed by atoms with Crippen molar-refractivity contribution in [3.05, 3.63) is 101 Å². The van der Waals surface area contributed by atoms with E-state index in [1.54, 1.807) is 24.3 Å². The van der Waals surface area contributed by atoms with E-state index in [1.807, 2.05) is 41.3 Å². The third-order valence-corrected chi connectivity index (χ3v) is 6.80. The van der Waals surface area contributed by atoms with E-state index in [4.69, 9.17) is 16.3 Å². The SMILES string of the molecule is O=C(c1ccc(Cl)cc1)N(CCc1ccccc1)Cc1ccccc1OCCCN1CCCCC1. The number of rotatable bonds is 11. The van der Waals surface area contributed by atoms with Gasteiger partial charge in [-0.05, 0) is 74.7 Å². The summed E-state index contributed by atoms with van der Waals surface area (Å²) in [4.78, 5) is 17.9. The molecule has 0 unspecified atom stereocenters. The maximum atomic E-state index is 13.5. The molecule has 0 aliphatic carbocycles. The maximum absolute atomic E-state index is 13.5. The van der Waals surface area contributed by atoms with Crippen molar-refractivity contribution in [3.63, 3.8) is 0 Å². The highest BCUT2D eigenvalue weighted by Gasteiger charge is 2.18. The van der Waals surface area contributed by atoms with Crippen LogP contribution in [0, 0.1) is 0 Å². The number of hydrogen-bond donors (Lipinski definition) is 0. The van der Waals surface area contributed by atoms with Gasteiger partial charge in [0.25, 0.3) is 5.91 Å². The molecular formula is C30H35ClN2O2. The molecule has 1 saturated heterocycles. The lowest BCUT2D eigenvalue weighted by Crippen LogP contribution is -2.33. The minimum Gasteiger partial charge on any atom is -0.493 e. The molecule has 1 aliphatic heterocycles. The lowest BCUT2D eigenvalue weighted by Gasteiger charge is -2.26. The van der Waals surface area contributed by atoms with Gasteiger partial charge in [-0.25, -0.2) is 0 Å². The zero-order chi connectivity index (χ0) is 24.3. The van der Waals surface area contributed by atoms with E-state index in [-0.39, 0.29) is 5.91 Å². The van der Waals surface area contributed by atoms with E-state index >= 15 is 0 Å². The number of benzene rings is 3. The van der Waals surface area contributed by atoms with E-state index in [9.17, 15) is 4.79 Å². The molecule has 184 valence electrons. The Kier molecular flexibility index (Phi) is 9.62. The maximum Gasteiger partial charge on any atom is 0.254 e. The van der Waals surface area contributed by atoms with Crippen LogP contribution in [-0.4, -0.2) is 48.5 Å². The predicted octanol–water partition coefficient (Wildman–Crippen LogP) is 6.48. The highest BCUT2D eigenvalue weighted by molar-refractivity contribution is 6.30. The molecule has 1 aliphatic rings. The summed E-state index contributed by atoms with van der Waals surface area (Å²) in [5.74, 6) is 0.859. The van der Waals surface area contributed by atoms with Crippen LogP contribution in [-0.2, 0) is 13.0 Å². The monoisotopic (exact) mass is 490 g/mol. The molecule has 3 aromatic carbocycles. The number of halogens is 1. The van der Waals surface area contributed by atoms with Gasteiger partial charge in [0.1, 0.15) is 5.75 Å². The molecule has 3 aromatic rings. The Hall–Kier alpha value is -2.82. The summed E-state index contributed by atoms with van der Waals surface area (Å²) in [6, 6.07) is 25.5. The quantitative estimate of drug-likeness (QED) is 0.288. The van der Waals surface area contributed by atoms with Gasteiger partial charge >= 0.3 is 0 Å². The third kappa shape index (κ3) is 7.84. The molecule has 0 spiro atoms. The Morgan fingerprint density at radius 3 is 2.37 bits per heavy atom. The zero-order valence-corrected chi connectivity index (χ0v) is 21.1. The van der Waals surface area contributed by atoms with Crippen LogP contribution in [0.2, 0.25) is 5.02 Å². The average Bonchev–Trinajstić information content (AvgIpc) is 2.91. The van der Waals surface area contributed by atoms with Crippen molar-refractivity contribution >= 4 is 17.5 Å². The van der Waals surface area contributed by atoms with Crippen molar-refractivity contribution in [1.82, 2.24) is 9.80 Å². The zero-order valence-electron chi connectivity index (χ0n) is 20.4. The summed E-state index contributed by atoms with van der Waals surface area (Å²) in [5, 5.41) is 0.626. The number of likely N-dealkylation sites (tertiary alicyclic amines) is 1. The largest absolute Gasteiger partial charge is 0.493 e. The molecule has 4 rings (SSSR count). The second-order valence-corrected chi connectivity index (χ2v) is 9.62. The van der Waals surface area contributed by atoms with Crippen LogP contribution >= 0.6 is 11.6 Å². The summed E-state index contributed by atoms with van der Waals surface area (Å²) in [7, 11) is 0. The van der Waals surface area contributed by atoms with Gasteiger partial charge in [0, 0.05) is 35.8 Å². The molecule has 0 radical (unpaired) electrons. The Labute approximate surface area is 214 Å². The number of para-hydroxylation sites is 1. The van der Waals surface area contributed by atoms with E-state index in [1.165, 1.54) is 37.9 Å². The van der Waals surface area contributed by atoms with Crippen molar-refractivity contribution in [2.75, 3.05) is 32.8 Å². The van der Waals surface area contributed by atoms with Crippen LogP contribution in [0.3, 0.4) is 0 Å². The fraction of sp³-hybridized carbons (Fsp3) is 0.367. The summed E-state index contributed by atoms with van der Waals surface area (Å²) in [6.07, 6.45) is 5.78. The van der Waals surface area contributed by atoms with Crippen LogP contribution < -0.4 is 4.74 Å². The van der Waals surface area contributed by atoms with Crippen molar-refractivity contribution in [3.8, 4) is 5.75 Å². The van der Waals surface area contributed by atoms with Crippen LogP contribution in [0.1, 0.15) is 47.2 Å². The third-order valence-electron chi connectivity index (χ3n) is 6.55. The number of nitrogens with zero attached hydrogens (tertiary/aromatic N) is 2. The molecule has 4 nitrogen and oxygen atoms in total. The standard InChI is InChI=1S/C30H35ClN2O2/c31-28-16-14-26(15-17-28)30(34)33(22-18-25-10-3-1-4-11-25)24-27-12-5-6-13-29(27)35-23-9-21-32-19-7-2-8-20-32/h1,3-6,10-17H,2,7-9,18-24H2. The van der Waals surface area contributed by atoms with Crippen LogP contribution in [0.25, 0.3) is 0 Å². The van der Waals surface area contributed by atoms with E-state index in [0.29, 0.717) is 30.3 Å². The highest BCUT2D eigenvalue weighted by Crippen LogP contribution is 2.22. The van der Waals surface area contributed by atoms with E-state index in [2.05, 4.69) is 23.1 Å². The minimum absolute atomic E-state index is 0.00232. The van der Waals surface area contributed by atoms with Crippen LogP contribution in [0.4, 0.5) is 0 Å². The van der Waals surface area contributed by atoms with Gasteiger partial charge in [-0.1, -0.05) is 66.6 Å². The van der Waals surface area contributed by atoms with Crippen molar-refractivity contribution in [2.24, 2.45) is 0 Å².